The molecule has 1 amide bonds. The number of nitrogens with one attached hydrogen (secondary N) is 2. The van der Waals surface area contributed by atoms with Gasteiger partial charge in [-0.15, -0.1) is 0 Å². The molecule has 1 aromatic carbocycles. The fraction of sp³-hybridized carbons (Fsp3) is 0.412. The van der Waals surface area contributed by atoms with E-state index in [1.54, 1.807) is 0 Å². The Kier molecular flexibility index (Phi) is 6.52. The molecule has 0 bridgehead atoms. The fourth-order valence-electron chi connectivity index (χ4n) is 2.53. The van der Waals surface area contributed by atoms with E-state index in [2.05, 4.69) is 15.3 Å². The van der Waals surface area contributed by atoms with Crippen molar-refractivity contribution in [3.05, 3.63) is 47.3 Å². The first kappa shape index (κ1) is 20.1. The van der Waals surface area contributed by atoms with Crippen molar-refractivity contribution >= 4 is 15.9 Å². The minimum absolute atomic E-state index is 0.0220. The van der Waals surface area contributed by atoms with Crippen LogP contribution in [0.2, 0.25) is 0 Å². The molecule has 8 nitrogen and oxygen atoms in total. The first-order chi connectivity index (χ1) is 12.2. The second-order valence-corrected chi connectivity index (χ2v) is 7.88. The Morgan fingerprint density at radius 3 is 2.46 bits per heavy atom. The number of aromatic nitrogens is 2. The zero-order valence-electron chi connectivity index (χ0n) is 15.3. The third kappa shape index (κ3) is 5.13. The molecule has 2 N–H and O–H groups in total. The summed E-state index contributed by atoms with van der Waals surface area (Å²) in [4.78, 5) is 18.6. The number of carbonyl (C=O) groups is 1. The van der Waals surface area contributed by atoms with E-state index in [4.69, 9.17) is 0 Å². The number of aryl methyl sites for hydroxylation is 2. The lowest BCUT2D eigenvalue weighted by atomic mass is 10.1. The number of amides is 1. The van der Waals surface area contributed by atoms with E-state index < -0.39 is 10.0 Å². The minimum Gasteiger partial charge on any atom is -0.352 e. The van der Waals surface area contributed by atoms with Crippen LogP contribution in [0.15, 0.2) is 35.2 Å². The van der Waals surface area contributed by atoms with Crippen LogP contribution in [0.4, 0.5) is 0 Å². The number of rotatable bonds is 8. The highest BCUT2D eigenvalue weighted by molar-refractivity contribution is 7.89. The summed E-state index contributed by atoms with van der Waals surface area (Å²) in [6.07, 6.45) is 0. The topological polar surface area (TPSA) is 102 Å². The van der Waals surface area contributed by atoms with Crippen molar-refractivity contribution in [2.24, 2.45) is 5.92 Å². The van der Waals surface area contributed by atoms with E-state index in [-0.39, 0.29) is 16.7 Å². The van der Waals surface area contributed by atoms with Gasteiger partial charge >= 0.3 is 0 Å². The van der Waals surface area contributed by atoms with Gasteiger partial charge in [-0.1, -0.05) is 11.8 Å². The molecule has 0 aliphatic rings. The van der Waals surface area contributed by atoms with E-state index >= 15 is 0 Å². The molecule has 142 valence electrons. The quantitative estimate of drug-likeness (QED) is 0.674. The van der Waals surface area contributed by atoms with Gasteiger partial charge < -0.3 is 5.32 Å². The van der Waals surface area contributed by atoms with E-state index in [1.807, 2.05) is 36.4 Å². The molecule has 0 spiro atoms. The molecular formula is C17H24N4O4S. The maximum atomic E-state index is 12.2. The van der Waals surface area contributed by atoms with Gasteiger partial charge in [0.05, 0.1) is 17.7 Å². The van der Waals surface area contributed by atoms with Crippen LogP contribution in [0.3, 0.4) is 0 Å². The Hall–Kier alpha value is -2.23. The Morgan fingerprint density at radius 1 is 1.27 bits per heavy atom. The lowest BCUT2D eigenvalue weighted by Crippen LogP contribution is -2.30. The van der Waals surface area contributed by atoms with E-state index in [1.165, 1.54) is 31.4 Å². The number of carbonyl (C=O) groups excluding carboxylic acids is 1. The van der Waals surface area contributed by atoms with Crippen LogP contribution < -0.4 is 10.2 Å². The molecule has 0 radical (unpaired) electrons. The van der Waals surface area contributed by atoms with Crippen LogP contribution in [0.5, 0.6) is 0 Å². The van der Waals surface area contributed by atoms with Gasteiger partial charge in [-0.25, -0.2) is 8.42 Å². The molecule has 1 atom stereocenters. The predicted octanol–water partition coefficient (Wildman–Crippen LogP) is 1.41. The third-order valence-corrected chi connectivity index (χ3v) is 5.10. The van der Waals surface area contributed by atoms with Crippen LogP contribution >= 0.6 is 0 Å². The summed E-state index contributed by atoms with van der Waals surface area (Å²) in [5, 5.41) is 7.27. The first-order valence-corrected chi connectivity index (χ1v) is 9.65. The maximum absolute atomic E-state index is 12.2. The Labute approximate surface area is 153 Å². The van der Waals surface area contributed by atoms with Crippen LogP contribution in [0, 0.1) is 19.8 Å². The highest BCUT2D eigenvalue weighted by Crippen LogP contribution is 2.11. The van der Waals surface area contributed by atoms with Crippen LogP contribution in [-0.4, -0.2) is 37.8 Å². The molecule has 0 saturated carbocycles. The number of sulfonamides is 1. The summed E-state index contributed by atoms with van der Waals surface area (Å²) >= 11 is 0. The second-order valence-electron chi connectivity index (χ2n) is 6.24. The van der Waals surface area contributed by atoms with Crippen molar-refractivity contribution in [2.45, 2.75) is 32.2 Å². The first-order valence-electron chi connectivity index (χ1n) is 8.17. The number of hydrogen-bond donors (Lipinski definition) is 2. The highest BCUT2D eigenvalue weighted by atomic mass is 32.2. The molecule has 0 fully saturated rings. The molecule has 2 aromatic rings. The molecule has 9 heteroatoms. The Morgan fingerprint density at radius 2 is 1.92 bits per heavy atom. The average Bonchev–Trinajstić information content (AvgIpc) is 2.90. The maximum Gasteiger partial charge on any atom is 0.262 e. The van der Waals surface area contributed by atoms with Crippen molar-refractivity contribution in [2.75, 3.05) is 13.7 Å². The minimum atomic E-state index is -3.73. The molecule has 0 saturated heterocycles. The number of benzene rings is 1. The predicted molar refractivity (Wildman–Crippen MR) is 97.0 cm³/mol. The Balaban J connectivity index is 1.92. The van der Waals surface area contributed by atoms with Gasteiger partial charge in [0.1, 0.15) is 0 Å². The Bertz CT molecular complexity index is 859. The molecule has 2 rings (SSSR count). The van der Waals surface area contributed by atoms with Crippen molar-refractivity contribution in [1.82, 2.24) is 20.0 Å². The number of hydrogen-bond acceptors (Lipinski definition) is 5. The van der Waals surface area contributed by atoms with Crippen LogP contribution in [0.1, 0.15) is 28.7 Å². The van der Waals surface area contributed by atoms with E-state index in [9.17, 15) is 13.2 Å². The van der Waals surface area contributed by atoms with Gasteiger partial charge in [0.15, 0.2) is 0 Å². The van der Waals surface area contributed by atoms with Gasteiger partial charge in [-0.3, -0.25) is 14.3 Å². The molecule has 0 aliphatic carbocycles. The molecule has 1 unspecified atom stereocenters. The summed E-state index contributed by atoms with van der Waals surface area (Å²) in [7, 11) is -2.51. The van der Waals surface area contributed by atoms with Gasteiger partial charge in [0.2, 0.25) is 0 Å². The summed E-state index contributed by atoms with van der Waals surface area (Å²) < 4.78 is 25.5. The second kappa shape index (κ2) is 8.43. The standard InChI is InChI=1S/C17H24N4O4S/c1-12(11-21-14(3)9-13(2)19-21)10-18-17(22)15-5-7-16(8-6-15)26(23,24)20-25-4/h5-9,12,20H,10-11H2,1-4H3,(H,18,22). The van der Waals surface area contributed by atoms with Gasteiger partial charge in [-0.05, 0) is 50.1 Å². The van der Waals surface area contributed by atoms with Crippen molar-refractivity contribution in [3.8, 4) is 0 Å². The summed E-state index contributed by atoms with van der Waals surface area (Å²) in [5.41, 5.74) is 2.44. The highest BCUT2D eigenvalue weighted by Gasteiger charge is 2.15. The van der Waals surface area contributed by atoms with Gasteiger partial charge in [0.25, 0.3) is 15.9 Å². The molecule has 1 heterocycles. The zero-order valence-corrected chi connectivity index (χ0v) is 16.1. The summed E-state index contributed by atoms with van der Waals surface area (Å²) in [6.45, 7) is 7.17. The molecule has 1 aromatic heterocycles. The zero-order chi connectivity index (χ0) is 19.3. The number of nitrogens with zero attached hydrogens (tertiary/aromatic N) is 2. The van der Waals surface area contributed by atoms with Crippen molar-refractivity contribution in [1.29, 1.82) is 0 Å². The largest absolute Gasteiger partial charge is 0.352 e. The molecule has 26 heavy (non-hydrogen) atoms. The van der Waals surface area contributed by atoms with E-state index in [0.717, 1.165) is 11.4 Å². The smallest absolute Gasteiger partial charge is 0.262 e. The van der Waals surface area contributed by atoms with Crippen molar-refractivity contribution in [3.63, 3.8) is 0 Å². The van der Waals surface area contributed by atoms with Crippen LogP contribution in [0.25, 0.3) is 0 Å². The van der Waals surface area contributed by atoms with Gasteiger partial charge in [-0.2, -0.15) is 5.10 Å². The monoisotopic (exact) mass is 380 g/mol. The average molecular weight is 380 g/mol. The van der Waals surface area contributed by atoms with Crippen LogP contribution in [-0.2, 0) is 21.4 Å². The lowest BCUT2D eigenvalue weighted by molar-refractivity contribution is 0.0946. The third-order valence-electron chi connectivity index (χ3n) is 3.82. The summed E-state index contributed by atoms with van der Waals surface area (Å²) in [5.74, 6) is -0.0589. The van der Waals surface area contributed by atoms with E-state index in [0.29, 0.717) is 18.7 Å². The lowest BCUT2D eigenvalue weighted by Gasteiger charge is -2.14. The van der Waals surface area contributed by atoms with Crippen molar-refractivity contribution < 1.29 is 18.0 Å². The molecule has 0 aliphatic heterocycles. The van der Waals surface area contributed by atoms with Gasteiger partial charge in [0, 0.05) is 24.3 Å². The molecular weight excluding hydrogens is 356 g/mol. The summed E-state index contributed by atoms with van der Waals surface area (Å²) in [6, 6.07) is 7.65. The normalized spacial score (nSPS) is 12.8. The SMILES string of the molecule is CONS(=O)(=O)c1ccc(C(=O)NCC(C)Cn2nc(C)cc2C)cc1. The fourth-order valence-corrected chi connectivity index (χ4v) is 3.34.